The number of hydrogen-bond acceptors (Lipinski definition) is 1. The first-order valence-electron chi connectivity index (χ1n) is 1.79. The summed E-state index contributed by atoms with van der Waals surface area (Å²) in [6.45, 7) is 5.62. The van der Waals surface area contributed by atoms with Crippen LogP contribution in [-0.2, 0) is 4.74 Å². The number of rotatable bonds is 0. The van der Waals surface area contributed by atoms with Crippen molar-refractivity contribution in [2.45, 2.75) is 19.1 Å². The van der Waals surface area contributed by atoms with Gasteiger partial charge in [0.25, 0.3) is 0 Å². The van der Waals surface area contributed by atoms with Gasteiger partial charge in [-0.25, -0.2) is 0 Å². The molecule has 0 N–H and O–H groups in total. The van der Waals surface area contributed by atoms with Crippen molar-refractivity contribution in [3.05, 3.63) is 14.4 Å². The summed E-state index contributed by atoms with van der Waals surface area (Å²) < 4.78 is 4.81. The molecule has 1 saturated heterocycles. The molecular weight excluding hydrogens is 343 g/mol. The summed E-state index contributed by atoms with van der Waals surface area (Å²) in [6.07, 6.45) is 0.741. The van der Waals surface area contributed by atoms with Crippen molar-refractivity contribution in [3.8, 4) is 0 Å². The van der Waals surface area contributed by atoms with E-state index in [9.17, 15) is 0 Å². The molecular formula is C5H10ORf-2. The van der Waals surface area contributed by atoms with E-state index in [2.05, 4.69) is 6.92 Å². The van der Waals surface area contributed by atoms with Gasteiger partial charge in [-0.2, -0.15) is 0 Å². The van der Waals surface area contributed by atoms with E-state index >= 15 is 0 Å². The minimum Gasteiger partial charge on any atom is -0.405 e. The van der Waals surface area contributed by atoms with E-state index in [0.29, 0.717) is 12.2 Å². The van der Waals surface area contributed by atoms with Crippen LogP contribution in [-0.4, -0.2) is 12.2 Å². The zero-order valence-electron chi connectivity index (χ0n) is 4.98. The first-order chi connectivity index (χ1) is 2.30. The molecule has 0 bridgehead atoms. The maximum atomic E-state index is 4.81. The Kier molecular flexibility index (Phi) is 2.92. The Bertz CT molecular complexity index is 41.3. The molecule has 0 aromatic rings. The first-order valence-corrected chi connectivity index (χ1v) is 1.79. The third-order valence-corrected chi connectivity index (χ3v) is 0.836. The van der Waals surface area contributed by atoms with Gasteiger partial charge in [-0.3, -0.25) is 0 Å². The molecule has 2 heteroatoms. The minimum absolute atomic E-state index is 0. The summed E-state index contributed by atoms with van der Waals surface area (Å²) in [5.41, 5.74) is 0. The average Bonchev–Trinajstić information content (AvgIpc) is 1.79. The standard InChI is InChI=1S/C4H7O.CH3.Rf/c1-3-4(2)5-3;;/h3-4H,1H2,2H3;1H3;/q2*-1;. The van der Waals surface area contributed by atoms with Crippen molar-refractivity contribution in [1.29, 1.82) is 0 Å². The molecule has 0 saturated carbocycles. The van der Waals surface area contributed by atoms with Crippen LogP contribution in [0.4, 0.5) is 0 Å². The maximum absolute atomic E-state index is 4.81. The summed E-state index contributed by atoms with van der Waals surface area (Å²) in [5.74, 6) is 0. The second-order valence-corrected chi connectivity index (χ2v) is 1.38. The zero-order chi connectivity index (χ0) is 3.86. The van der Waals surface area contributed by atoms with Crippen molar-refractivity contribution >= 4 is 0 Å². The van der Waals surface area contributed by atoms with Crippen LogP contribution in [0.2, 0.25) is 0 Å². The normalized spacial score (nSPS) is 35.1. The third kappa shape index (κ3) is 1.77. The first kappa shape index (κ1) is 9.35. The van der Waals surface area contributed by atoms with Crippen molar-refractivity contribution in [3.63, 3.8) is 0 Å². The van der Waals surface area contributed by atoms with E-state index in [1.54, 1.807) is 0 Å². The number of hydrogen-bond donors (Lipinski definition) is 0. The molecule has 0 amide bonds. The van der Waals surface area contributed by atoms with Gasteiger partial charge in [-0.1, -0.05) is 0 Å². The molecule has 2 atom stereocenters. The second-order valence-electron chi connectivity index (χ2n) is 1.38. The molecule has 7 heavy (non-hydrogen) atoms. The Balaban J connectivity index is 0. The van der Waals surface area contributed by atoms with E-state index in [-0.39, 0.29) is 7.43 Å². The third-order valence-electron chi connectivity index (χ3n) is 0.836. The molecule has 0 aliphatic carbocycles. The summed E-state index contributed by atoms with van der Waals surface area (Å²) in [5, 5.41) is 0. The predicted molar refractivity (Wildman–Crippen MR) is 26.1 cm³/mol. The molecule has 1 fully saturated rings. The molecule has 2 unspecified atom stereocenters. The Morgan fingerprint density at radius 1 is 1.57 bits per heavy atom. The van der Waals surface area contributed by atoms with Gasteiger partial charge in [-0.05, 0) is 13.0 Å². The van der Waals surface area contributed by atoms with Crippen molar-refractivity contribution in [2.24, 2.45) is 0 Å². The average molecular weight is 353 g/mol. The number of ether oxygens (including phenoxy) is 1. The quantitative estimate of drug-likeness (QED) is 0.469. The van der Waals surface area contributed by atoms with Crippen molar-refractivity contribution in [2.75, 3.05) is 0 Å². The Morgan fingerprint density at radius 2 is 1.71 bits per heavy atom. The Morgan fingerprint density at radius 3 is 1.71 bits per heavy atom. The smallest absolute Gasteiger partial charge is 0.0496 e. The molecule has 0 spiro atoms. The van der Waals surface area contributed by atoms with Crippen LogP contribution in [0, 0.1) is 14.4 Å². The molecule has 1 aliphatic heterocycles. The van der Waals surface area contributed by atoms with Gasteiger partial charge in [-0.15, -0.1) is 0 Å². The topological polar surface area (TPSA) is 12.5 Å². The van der Waals surface area contributed by atoms with E-state index in [4.69, 9.17) is 4.74 Å². The maximum Gasteiger partial charge on any atom is 0.0496 e. The van der Waals surface area contributed by atoms with E-state index in [1.807, 2.05) is 6.92 Å². The fraction of sp³-hybridized carbons (Fsp3) is 0.600. The summed E-state index contributed by atoms with van der Waals surface area (Å²) in [6, 6.07) is 0. The summed E-state index contributed by atoms with van der Waals surface area (Å²) in [7, 11) is 0. The molecule has 0 radical (unpaired) electrons. The second kappa shape index (κ2) is 2.19. The van der Waals surface area contributed by atoms with Crippen LogP contribution in [0.5, 0.6) is 0 Å². The van der Waals surface area contributed by atoms with Crippen LogP contribution in [0.25, 0.3) is 0 Å². The monoisotopic (exact) mass is 353 g/mol. The number of epoxide rings is 1. The molecule has 1 aliphatic rings. The van der Waals surface area contributed by atoms with E-state index in [0.717, 1.165) is 0 Å². The van der Waals surface area contributed by atoms with Gasteiger partial charge in [0.1, 0.15) is 0 Å². The van der Waals surface area contributed by atoms with Crippen LogP contribution < -0.4 is 0 Å². The van der Waals surface area contributed by atoms with Gasteiger partial charge in [0.15, 0.2) is 0 Å². The molecule has 0 aromatic carbocycles. The van der Waals surface area contributed by atoms with E-state index in [1.165, 1.54) is 0 Å². The van der Waals surface area contributed by atoms with Crippen molar-refractivity contribution in [1.82, 2.24) is 0 Å². The van der Waals surface area contributed by atoms with Gasteiger partial charge in [0.2, 0.25) is 0 Å². The molecule has 0 aromatic heterocycles. The van der Waals surface area contributed by atoms with Crippen LogP contribution in [0.15, 0.2) is 0 Å². The Hall–Kier alpha value is -1.04. The largest absolute Gasteiger partial charge is 0.405 e. The van der Waals surface area contributed by atoms with Crippen molar-refractivity contribution < 1.29 is 4.74 Å². The SMILES string of the molecule is [CH2-]C1OC1C.[CH3-].[Rf]. The fourth-order valence-electron chi connectivity index (χ4n) is 0.230. The van der Waals surface area contributed by atoms with Crippen LogP contribution in [0.3, 0.4) is 0 Å². The predicted octanol–water partition coefficient (Wildman–Crippen LogP) is 1.06. The molecule has 1 rings (SSSR count). The van der Waals surface area contributed by atoms with Crippen LogP contribution in [0.1, 0.15) is 6.92 Å². The minimum atomic E-state index is 0. The van der Waals surface area contributed by atoms with Gasteiger partial charge < -0.3 is 19.1 Å². The van der Waals surface area contributed by atoms with Crippen LogP contribution >= 0.6 is 0 Å². The molecule has 40 valence electrons. The molecule has 1 heterocycles. The Labute approximate surface area is 39.3 Å². The van der Waals surface area contributed by atoms with Gasteiger partial charge in [0.05, 0.1) is 0 Å². The van der Waals surface area contributed by atoms with Gasteiger partial charge >= 0.3 is 0 Å². The summed E-state index contributed by atoms with van der Waals surface area (Å²) >= 11 is 0. The fourth-order valence-corrected chi connectivity index (χ4v) is 0.230. The van der Waals surface area contributed by atoms with E-state index < -0.39 is 0 Å². The zero-order valence-corrected chi connectivity index (χ0v) is 11.4. The van der Waals surface area contributed by atoms with Gasteiger partial charge in [0, 0.05) is 6.10 Å². The summed E-state index contributed by atoms with van der Waals surface area (Å²) in [4.78, 5) is 0. The molecule has 1 nitrogen and oxygen atoms in total.